The summed E-state index contributed by atoms with van der Waals surface area (Å²) in [5, 5.41) is 3.52. The molecule has 0 spiro atoms. The van der Waals surface area contributed by atoms with Gasteiger partial charge in [0.05, 0.1) is 5.75 Å². The maximum absolute atomic E-state index is 11.5. The minimum absolute atomic E-state index is 0.287. The Bertz CT molecular complexity index is 321. The van der Waals surface area contributed by atoms with E-state index in [4.69, 9.17) is 0 Å². The van der Waals surface area contributed by atoms with E-state index in [-0.39, 0.29) is 5.75 Å². The second-order valence-corrected chi connectivity index (χ2v) is 8.36. The summed E-state index contributed by atoms with van der Waals surface area (Å²) < 4.78 is 23.1. The standard InChI is InChI=1S/C15H31NO2S/c1-3-11-16-13-15(14-8-5-6-9-14)10-7-12-19(17,18)4-2/h14-16H,3-13H2,1-2H3. The lowest BCUT2D eigenvalue weighted by Gasteiger charge is -2.24. The lowest BCUT2D eigenvalue weighted by Crippen LogP contribution is -2.28. The number of hydrogen-bond donors (Lipinski definition) is 1. The van der Waals surface area contributed by atoms with Crippen LogP contribution in [0.25, 0.3) is 0 Å². The maximum atomic E-state index is 11.5. The third kappa shape index (κ3) is 6.75. The molecule has 0 heterocycles. The zero-order valence-electron chi connectivity index (χ0n) is 12.7. The van der Waals surface area contributed by atoms with E-state index < -0.39 is 9.84 Å². The number of sulfone groups is 1. The van der Waals surface area contributed by atoms with Gasteiger partial charge >= 0.3 is 0 Å². The first-order chi connectivity index (χ1) is 9.09. The molecule has 1 aliphatic rings. The first-order valence-corrected chi connectivity index (χ1v) is 9.82. The molecule has 0 aromatic heterocycles. The van der Waals surface area contributed by atoms with Crippen molar-refractivity contribution in [3.8, 4) is 0 Å². The molecule has 19 heavy (non-hydrogen) atoms. The molecular weight excluding hydrogens is 258 g/mol. The van der Waals surface area contributed by atoms with Gasteiger partial charge in [-0.25, -0.2) is 8.42 Å². The molecule has 0 amide bonds. The van der Waals surface area contributed by atoms with E-state index in [1.54, 1.807) is 6.92 Å². The van der Waals surface area contributed by atoms with E-state index in [9.17, 15) is 8.42 Å². The monoisotopic (exact) mass is 289 g/mol. The van der Waals surface area contributed by atoms with Gasteiger partial charge in [-0.1, -0.05) is 39.5 Å². The molecule has 1 fully saturated rings. The SMILES string of the molecule is CCCNCC(CCCS(=O)(=O)CC)C1CCCC1. The fourth-order valence-corrected chi connectivity index (χ4v) is 4.00. The third-order valence-electron chi connectivity index (χ3n) is 4.37. The Balaban J connectivity index is 2.35. The van der Waals surface area contributed by atoms with E-state index in [2.05, 4.69) is 12.2 Å². The molecule has 3 nitrogen and oxygen atoms in total. The third-order valence-corrected chi connectivity index (χ3v) is 6.16. The molecule has 1 N–H and O–H groups in total. The molecule has 4 heteroatoms. The predicted molar refractivity (Wildman–Crippen MR) is 82.2 cm³/mol. The predicted octanol–water partition coefficient (Wildman–Crippen LogP) is 3.01. The van der Waals surface area contributed by atoms with Crippen LogP contribution in [0.15, 0.2) is 0 Å². The molecule has 0 aromatic rings. The largest absolute Gasteiger partial charge is 0.316 e. The summed E-state index contributed by atoms with van der Waals surface area (Å²) in [4.78, 5) is 0. The molecular formula is C15H31NO2S. The Morgan fingerprint density at radius 2 is 1.89 bits per heavy atom. The quantitative estimate of drug-likeness (QED) is 0.629. The van der Waals surface area contributed by atoms with Crippen LogP contribution in [0.2, 0.25) is 0 Å². The van der Waals surface area contributed by atoms with Crippen LogP contribution >= 0.6 is 0 Å². The van der Waals surface area contributed by atoms with Crippen molar-refractivity contribution in [2.24, 2.45) is 11.8 Å². The number of rotatable bonds is 10. The molecule has 0 radical (unpaired) electrons. The van der Waals surface area contributed by atoms with Crippen LogP contribution in [-0.4, -0.2) is 33.0 Å². The lowest BCUT2D eigenvalue weighted by atomic mass is 9.87. The summed E-state index contributed by atoms with van der Waals surface area (Å²) in [6.07, 6.45) is 8.50. The molecule has 1 atom stereocenters. The first kappa shape index (κ1) is 17.0. The highest BCUT2D eigenvalue weighted by Gasteiger charge is 2.24. The van der Waals surface area contributed by atoms with Crippen molar-refractivity contribution >= 4 is 9.84 Å². The van der Waals surface area contributed by atoms with Crippen molar-refractivity contribution in [1.29, 1.82) is 0 Å². The van der Waals surface area contributed by atoms with Crippen molar-refractivity contribution in [3.05, 3.63) is 0 Å². The van der Waals surface area contributed by atoms with Crippen LogP contribution in [0.5, 0.6) is 0 Å². The lowest BCUT2D eigenvalue weighted by molar-refractivity contribution is 0.303. The van der Waals surface area contributed by atoms with Gasteiger partial charge in [-0.15, -0.1) is 0 Å². The van der Waals surface area contributed by atoms with Crippen molar-refractivity contribution < 1.29 is 8.42 Å². The van der Waals surface area contributed by atoms with E-state index in [1.165, 1.54) is 32.1 Å². The van der Waals surface area contributed by atoms with Gasteiger partial charge in [0.2, 0.25) is 0 Å². The second kappa shape index (κ2) is 8.96. The first-order valence-electron chi connectivity index (χ1n) is 8.00. The van der Waals surface area contributed by atoms with E-state index in [1.807, 2.05) is 0 Å². The Morgan fingerprint density at radius 3 is 2.47 bits per heavy atom. The van der Waals surface area contributed by atoms with Crippen LogP contribution < -0.4 is 5.32 Å². The molecule has 1 unspecified atom stereocenters. The average Bonchev–Trinajstić information content (AvgIpc) is 2.91. The minimum Gasteiger partial charge on any atom is -0.316 e. The Hall–Kier alpha value is -0.0900. The van der Waals surface area contributed by atoms with E-state index in [0.29, 0.717) is 11.7 Å². The van der Waals surface area contributed by atoms with Crippen LogP contribution in [-0.2, 0) is 9.84 Å². The highest BCUT2D eigenvalue weighted by molar-refractivity contribution is 7.91. The van der Waals surface area contributed by atoms with Gasteiger partial charge in [0.25, 0.3) is 0 Å². The van der Waals surface area contributed by atoms with Crippen molar-refractivity contribution in [3.63, 3.8) is 0 Å². The Labute approximate surface area is 119 Å². The highest BCUT2D eigenvalue weighted by Crippen LogP contribution is 2.33. The van der Waals surface area contributed by atoms with Crippen LogP contribution in [0.1, 0.15) is 58.8 Å². The Morgan fingerprint density at radius 1 is 1.21 bits per heavy atom. The number of nitrogens with one attached hydrogen (secondary N) is 1. The van der Waals surface area contributed by atoms with Crippen LogP contribution in [0.4, 0.5) is 0 Å². The molecule has 0 aromatic carbocycles. The van der Waals surface area contributed by atoms with Crippen molar-refractivity contribution in [2.75, 3.05) is 24.6 Å². The smallest absolute Gasteiger partial charge is 0.150 e. The van der Waals surface area contributed by atoms with Gasteiger partial charge in [-0.3, -0.25) is 0 Å². The average molecular weight is 289 g/mol. The molecule has 1 aliphatic carbocycles. The molecule has 0 bridgehead atoms. The zero-order chi connectivity index (χ0) is 14.1. The normalized spacial score (nSPS) is 18.8. The van der Waals surface area contributed by atoms with Crippen LogP contribution in [0, 0.1) is 11.8 Å². The second-order valence-electron chi connectivity index (χ2n) is 5.89. The summed E-state index contributed by atoms with van der Waals surface area (Å²) in [6.45, 7) is 6.08. The van der Waals surface area contributed by atoms with Crippen LogP contribution in [0.3, 0.4) is 0 Å². The molecule has 1 saturated carbocycles. The van der Waals surface area contributed by atoms with Gasteiger partial charge < -0.3 is 5.32 Å². The van der Waals surface area contributed by atoms with Crippen molar-refractivity contribution in [2.45, 2.75) is 58.8 Å². The minimum atomic E-state index is -2.78. The Kier molecular flexibility index (Phi) is 8.00. The summed E-state index contributed by atoms with van der Waals surface area (Å²) in [6, 6.07) is 0. The van der Waals surface area contributed by atoms with E-state index >= 15 is 0 Å². The summed E-state index contributed by atoms with van der Waals surface area (Å²) in [5.41, 5.74) is 0. The summed E-state index contributed by atoms with van der Waals surface area (Å²) in [7, 11) is -2.78. The van der Waals surface area contributed by atoms with E-state index in [0.717, 1.165) is 31.8 Å². The van der Waals surface area contributed by atoms with Gasteiger partial charge in [-0.2, -0.15) is 0 Å². The fourth-order valence-electron chi connectivity index (χ4n) is 3.11. The van der Waals surface area contributed by atoms with Gasteiger partial charge in [-0.05, 0) is 44.2 Å². The fraction of sp³-hybridized carbons (Fsp3) is 1.00. The zero-order valence-corrected chi connectivity index (χ0v) is 13.5. The summed E-state index contributed by atoms with van der Waals surface area (Å²) >= 11 is 0. The number of hydrogen-bond acceptors (Lipinski definition) is 3. The highest BCUT2D eigenvalue weighted by atomic mass is 32.2. The van der Waals surface area contributed by atoms with Gasteiger partial charge in [0.15, 0.2) is 0 Å². The molecule has 1 rings (SSSR count). The topological polar surface area (TPSA) is 46.2 Å². The molecule has 0 saturated heterocycles. The van der Waals surface area contributed by atoms with Gasteiger partial charge in [0.1, 0.15) is 9.84 Å². The molecule has 114 valence electrons. The maximum Gasteiger partial charge on any atom is 0.150 e. The summed E-state index contributed by atoms with van der Waals surface area (Å²) in [5.74, 6) is 2.17. The van der Waals surface area contributed by atoms with Crippen molar-refractivity contribution in [1.82, 2.24) is 5.32 Å². The molecule has 0 aliphatic heterocycles. The van der Waals surface area contributed by atoms with Gasteiger partial charge in [0, 0.05) is 5.75 Å².